The number of nitro groups is 1. The van der Waals surface area contributed by atoms with E-state index < -0.39 is 34.9 Å². The van der Waals surface area contributed by atoms with Gasteiger partial charge in [0.05, 0.1) is 33.7 Å². The fourth-order valence-electron chi connectivity index (χ4n) is 4.29. The molecule has 0 saturated heterocycles. The first-order valence-electron chi connectivity index (χ1n) is 12.7. The Bertz CT molecular complexity index is 1430. The molecule has 216 valence electrons. The maximum atomic E-state index is 13.3. The van der Waals surface area contributed by atoms with Crippen molar-refractivity contribution < 1.29 is 38.3 Å². The third kappa shape index (κ3) is 7.78. The van der Waals surface area contributed by atoms with Crippen LogP contribution in [0.25, 0.3) is 0 Å². The predicted molar refractivity (Wildman–Crippen MR) is 148 cm³/mol. The average molecular weight is 566 g/mol. The van der Waals surface area contributed by atoms with Crippen LogP contribution in [0, 0.1) is 10.1 Å². The van der Waals surface area contributed by atoms with Crippen molar-refractivity contribution in [2.24, 2.45) is 0 Å². The van der Waals surface area contributed by atoms with Gasteiger partial charge in [-0.25, -0.2) is 14.4 Å². The van der Waals surface area contributed by atoms with E-state index in [1.54, 1.807) is 45.9 Å². The molecule has 0 saturated carbocycles. The summed E-state index contributed by atoms with van der Waals surface area (Å²) < 4.78 is 16.0. The first-order valence-corrected chi connectivity index (χ1v) is 12.7. The van der Waals surface area contributed by atoms with Crippen molar-refractivity contribution in [3.63, 3.8) is 0 Å². The highest BCUT2D eigenvalue weighted by Crippen LogP contribution is 2.40. The molecule has 1 aliphatic heterocycles. The number of non-ortho nitro benzene ring substituents is 1. The van der Waals surface area contributed by atoms with Gasteiger partial charge in [0, 0.05) is 36.1 Å². The number of hydrogen-bond donors (Lipinski definition) is 2. The van der Waals surface area contributed by atoms with Crippen molar-refractivity contribution in [1.82, 2.24) is 5.32 Å². The second kappa shape index (κ2) is 13.4. The van der Waals surface area contributed by atoms with E-state index in [1.165, 1.54) is 37.3 Å². The average Bonchev–Trinajstić information content (AvgIpc) is 2.90. The summed E-state index contributed by atoms with van der Waals surface area (Å²) >= 11 is 0. The van der Waals surface area contributed by atoms with Crippen molar-refractivity contribution in [2.45, 2.75) is 46.6 Å². The van der Waals surface area contributed by atoms with Crippen molar-refractivity contribution in [2.75, 3.05) is 18.5 Å². The van der Waals surface area contributed by atoms with Crippen LogP contribution in [0.5, 0.6) is 0 Å². The number of anilines is 1. The zero-order chi connectivity index (χ0) is 30.3. The molecule has 0 aliphatic carbocycles. The minimum atomic E-state index is -1.01. The van der Waals surface area contributed by atoms with Gasteiger partial charge in [-0.3, -0.25) is 14.9 Å². The second-order valence-electron chi connectivity index (χ2n) is 9.47. The molecule has 0 bridgehead atoms. The summed E-state index contributed by atoms with van der Waals surface area (Å²) in [5, 5.41) is 17.1. The van der Waals surface area contributed by atoms with Crippen molar-refractivity contribution in [3.05, 3.63) is 92.3 Å². The number of carbonyl (C=O) groups is 4. The topological polar surface area (TPSA) is 163 Å². The highest BCUT2D eigenvalue weighted by molar-refractivity contribution is 6.00. The molecule has 2 aromatic rings. The minimum Gasteiger partial charge on any atom is -0.460 e. The van der Waals surface area contributed by atoms with E-state index in [9.17, 15) is 29.3 Å². The van der Waals surface area contributed by atoms with E-state index in [2.05, 4.69) is 10.6 Å². The molecule has 12 heteroatoms. The zero-order valence-corrected chi connectivity index (χ0v) is 23.3. The standard InChI is InChI=1S/C29H31N3O9/c1-16(2)41-29(36)25-18(4)30-17(3)24(26(25)21-7-6-8-23(15-21)32(37)38)28(35)40-14-13-39-27(34)20-9-11-22(12-10-20)31-19(5)33/h6-12,15-16,26,30H,13-14H2,1-5H3,(H,31,33). The number of carbonyl (C=O) groups excluding carboxylic acids is 4. The number of dihydropyridines is 1. The number of amides is 1. The fraction of sp³-hybridized carbons (Fsp3) is 0.310. The minimum absolute atomic E-state index is 0.0618. The molecule has 12 nitrogen and oxygen atoms in total. The smallest absolute Gasteiger partial charge is 0.338 e. The van der Waals surface area contributed by atoms with E-state index >= 15 is 0 Å². The number of rotatable bonds is 10. The molecule has 1 amide bonds. The van der Waals surface area contributed by atoms with Crippen LogP contribution in [0.15, 0.2) is 71.1 Å². The summed E-state index contributed by atoms with van der Waals surface area (Å²) in [5.41, 5.74) is 1.87. The Balaban J connectivity index is 1.78. The van der Waals surface area contributed by atoms with E-state index in [0.29, 0.717) is 22.6 Å². The van der Waals surface area contributed by atoms with Gasteiger partial charge in [-0.1, -0.05) is 12.1 Å². The van der Waals surface area contributed by atoms with Gasteiger partial charge in [0.2, 0.25) is 5.91 Å². The molecule has 41 heavy (non-hydrogen) atoms. The summed E-state index contributed by atoms with van der Waals surface area (Å²) in [6, 6.07) is 11.7. The number of allylic oxidation sites excluding steroid dienone is 2. The summed E-state index contributed by atoms with van der Waals surface area (Å²) in [6.07, 6.45) is -0.452. The molecule has 2 aromatic carbocycles. The Labute approximate surface area is 236 Å². The predicted octanol–water partition coefficient (Wildman–Crippen LogP) is 4.14. The quantitative estimate of drug-likeness (QED) is 0.141. The van der Waals surface area contributed by atoms with Crippen molar-refractivity contribution in [3.8, 4) is 0 Å². The van der Waals surface area contributed by atoms with Crippen molar-refractivity contribution in [1.29, 1.82) is 0 Å². The maximum absolute atomic E-state index is 13.3. The number of ether oxygens (including phenoxy) is 3. The van der Waals surface area contributed by atoms with Crippen LogP contribution in [-0.2, 0) is 28.6 Å². The lowest BCUT2D eigenvalue weighted by atomic mass is 9.80. The molecular weight excluding hydrogens is 534 g/mol. The normalized spacial score (nSPS) is 14.7. The Morgan fingerprint density at radius 2 is 1.51 bits per heavy atom. The van der Waals surface area contributed by atoms with Crippen LogP contribution < -0.4 is 10.6 Å². The molecule has 1 heterocycles. The van der Waals surface area contributed by atoms with Crippen LogP contribution in [0.2, 0.25) is 0 Å². The molecular formula is C29H31N3O9. The van der Waals surface area contributed by atoms with Crippen LogP contribution in [-0.4, -0.2) is 48.1 Å². The highest BCUT2D eigenvalue weighted by Gasteiger charge is 2.38. The lowest BCUT2D eigenvalue weighted by molar-refractivity contribution is -0.384. The molecule has 3 rings (SSSR count). The lowest BCUT2D eigenvalue weighted by Gasteiger charge is -2.30. The lowest BCUT2D eigenvalue weighted by Crippen LogP contribution is -2.33. The van der Waals surface area contributed by atoms with Gasteiger partial charge in [-0.2, -0.15) is 0 Å². The number of esters is 3. The molecule has 0 spiro atoms. The van der Waals surface area contributed by atoms with Gasteiger partial charge in [0.1, 0.15) is 13.2 Å². The Hall–Kier alpha value is -5.00. The Morgan fingerprint density at radius 1 is 0.927 bits per heavy atom. The van der Waals surface area contributed by atoms with Gasteiger partial charge in [0.25, 0.3) is 5.69 Å². The molecule has 1 aliphatic rings. The summed E-state index contributed by atoms with van der Waals surface area (Å²) in [7, 11) is 0. The number of hydrogen-bond acceptors (Lipinski definition) is 10. The molecule has 0 aromatic heterocycles. The van der Waals surface area contributed by atoms with Gasteiger partial charge >= 0.3 is 17.9 Å². The maximum Gasteiger partial charge on any atom is 0.338 e. The molecule has 1 atom stereocenters. The molecule has 0 fully saturated rings. The summed E-state index contributed by atoms with van der Waals surface area (Å²) in [4.78, 5) is 60.9. The zero-order valence-electron chi connectivity index (χ0n) is 23.3. The van der Waals surface area contributed by atoms with Crippen LogP contribution in [0.4, 0.5) is 11.4 Å². The van der Waals surface area contributed by atoms with E-state index in [-0.39, 0.29) is 41.5 Å². The van der Waals surface area contributed by atoms with Crippen LogP contribution >= 0.6 is 0 Å². The molecule has 1 unspecified atom stereocenters. The van der Waals surface area contributed by atoms with Gasteiger partial charge in [0.15, 0.2) is 0 Å². The highest BCUT2D eigenvalue weighted by atomic mass is 16.6. The van der Waals surface area contributed by atoms with Crippen LogP contribution in [0.1, 0.15) is 56.5 Å². The first-order chi connectivity index (χ1) is 19.4. The van der Waals surface area contributed by atoms with Gasteiger partial charge in [-0.15, -0.1) is 0 Å². The van der Waals surface area contributed by atoms with E-state index in [4.69, 9.17) is 14.2 Å². The fourth-order valence-corrected chi connectivity index (χ4v) is 4.29. The first kappa shape index (κ1) is 30.5. The second-order valence-corrected chi connectivity index (χ2v) is 9.47. The molecule has 2 N–H and O–H groups in total. The third-order valence-corrected chi connectivity index (χ3v) is 5.95. The Morgan fingerprint density at radius 3 is 2.07 bits per heavy atom. The largest absolute Gasteiger partial charge is 0.460 e. The van der Waals surface area contributed by atoms with Gasteiger partial charge in [-0.05, 0) is 57.5 Å². The van der Waals surface area contributed by atoms with Crippen molar-refractivity contribution >= 4 is 35.2 Å². The SMILES string of the molecule is CC(=O)Nc1ccc(C(=O)OCCOC(=O)C2=C(C)NC(C)=C(C(=O)OC(C)C)C2c2cccc([N+](=O)[O-])c2)cc1. The van der Waals surface area contributed by atoms with E-state index in [1.807, 2.05) is 0 Å². The van der Waals surface area contributed by atoms with Gasteiger partial charge < -0.3 is 24.8 Å². The number of nitrogens with zero attached hydrogens (tertiary/aromatic N) is 1. The molecule has 0 radical (unpaired) electrons. The third-order valence-electron chi connectivity index (χ3n) is 5.95. The van der Waals surface area contributed by atoms with Crippen LogP contribution in [0.3, 0.4) is 0 Å². The van der Waals surface area contributed by atoms with E-state index in [0.717, 1.165) is 0 Å². The Kier molecular flexibility index (Phi) is 9.96. The number of nitro benzene ring substituents is 1. The summed E-state index contributed by atoms with van der Waals surface area (Å²) in [6.45, 7) is 7.46. The monoisotopic (exact) mass is 565 g/mol. The number of nitrogens with one attached hydrogen (secondary N) is 2. The number of benzene rings is 2. The summed E-state index contributed by atoms with van der Waals surface area (Å²) in [5.74, 6) is -3.40.